The van der Waals surface area contributed by atoms with E-state index < -0.39 is 5.97 Å². The van der Waals surface area contributed by atoms with Gasteiger partial charge in [-0.3, -0.25) is 0 Å². The number of aryl methyl sites for hydroxylation is 1. The van der Waals surface area contributed by atoms with Crippen LogP contribution in [0.1, 0.15) is 11.1 Å². The fourth-order valence-corrected chi connectivity index (χ4v) is 1.32. The summed E-state index contributed by atoms with van der Waals surface area (Å²) >= 11 is 0. The SMILES string of the molecule is COC(=O)C(=[N+]=N)c1cc(C)ccc1OC. The van der Waals surface area contributed by atoms with Crippen LogP contribution < -0.4 is 4.74 Å². The molecule has 0 spiro atoms. The van der Waals surface area contributed by atoms with Gasteiger partial charge in [-0.2, -0.15) is 0 Å². The Morgan fingerprint density at radius 1 is 1.38 bits per heavy atom. The Labute approximate surface area is 93.2 Å². The van der Waals surface area contributed by atoms with Crippen LogP contribution in [-0.4, -0.2) is 30.7 Å². The van der Waals surface area contributed by atoms with Gasteiger partial charge in [-0.25, -0.2) is 4.79 Å². The molecule has 0 aliphatic carbocycles. The van der Waals surface area contributed by atoms with Crippen molar-refractivity contribution in [1.82, 2.24) is 0 Å². The summed E-state index contributed by atoms with van der Waals surface area (Å²) in [5, 5.41) is 0. The molecule has 0 saturated carbocycles. The van der Waals surface area contributed by atoms with E-state index >= 15 is 0 Å². The van der Waals surface area contributed by atoms with Gasteiger partial charge in [0.2, 0.25) is 0 Å². The van der Waals surface area contributed by atoms with Crippen LogP contribution in [-0.2, 0) is 9.53 Å². The summed E-state index contributed by atoms with van der Waals surface area (Å²) in [6, 6.07) is 5.29. The van der Waals surface area contributed by atoms with Gasteiger partial charge in [0.1, 0.15) is 11.3 Å². The van der Waals surface area contributed by atoms with Gasteiger partial charge in [-0.15, -0.1) is 0 Å². The molecule has 0 atom stereocenters. The first-order chi connectivity index (χ1) is 7.63. The first-order valence-electron chi connectivity index (χ1n) is 4.61. The highest BCUT2D eigenvalue weighted by molar-refractivity contribution is 6.41. The van der Waals surface area contributed by atoms with Crippen LogP contribution in [0, 0.1) is 12.5 Å². The third-order valence-electron chi connectivity index (χ3n) is 2.10. The van der Waals surface area contributed by atoms with E-state index in [0.29, 0.717) is 11.3 Å². The van der Waals surface area contributed by atoms with Gasteiger partial charge in [-0.05, 0) is 24.6 Å². The minimum atomic E-state index is -0.654. The molecule has 0 heterocycles. The second-order valence-electron chi connectivity index (χ2n) is 3.16. The van der Waals surface area contributed by atoms with E-state index in [2.05, 4.69) is 9.53 Å². The molecule has 1 aromatic carbocycles. The number of benzene rings is 1. The molecule has 0 bridgehead atoms. The molecule has 5 heteroatoms. The largest absolute Gasteiger partial charge is 0.496 e. The van der Waals surface area contributed by atoms with Crippen molar-refractivity contribution in [2.24, 2.45) is 0 Å². The highest BCUT2D eigenvalue weighted by Crippen LogP contribution is 2.20. The lowest BCUT2D eigenvalue weighted by atomic mass is 10.1. The molecular formula is C11H13N2O3+. The minimum absolute atomic E-state index is 0.0666. The molecule has 0 unspecified atom stereocenters. The van der Waals surface area contributed by atoms with Crippen molar-refractivity contribution >= 4 is 11.7 Å². The maximum Gasteiger partial charge on any atom is 0.459 e. The molecule has 0 saturated heterocycles. The number of esters is 1. The van der Waals surface area contributed by atoms with Crippen LogP contribution in [0.25, 0.3) is 0 Å². The lowest BCUT2D eigenvalue weighted by Gasteiger charge is -2.04. The van der Waals surface area contributed by atoms with Crippen molar-refractivity contribution in [2.75, 3.05) is 14.2 Å². The Morgan fingerprint density at radius 2 is 2.06 bits per heavy atom. The molecule has 0 aliphatic heterocycles. The van der Waals surface area contributed by atoms with Crippen molar-refractivity contribution in [2.45, 2.75) is 6.92 Å². The smallest absolute Gasteiger partial charge is 0.459 e. The maximum absolute atomic E-state index is 11.4. The maximum atomic E-state index is 11.4. The number of hydrogen-bond donors (Lipinski definition) is 1. The third kappa shape index (κ3) is 2.27. The zero-order valence-corrected chi connectivity index (χ0v) is 9.40. The van der Waals surface area contributed by atoms with Crippen LogP contribution in [0.15, 0.2) is 18.2 Å². The average molecular weight is 221 g/mol. The second kappa shape index (κ2) is 5.09. The van der Waals surface area contributed by atoms with Crippen LogP contribution in [0.2, 0.25) is 0 Å². The van der Waals surface area contributed by atoms with Crippen molar-refractivity contribution in [1.29, 1.82) is 5.53 Å². The Hall–Kier alpha value is -2.13. The molecule has 84 valence electrons. The fourth-order valence-electron chi connectivity index (χ4n) is 1.32. The van der Waals surface area contributed by atoms with E-state index in [0.717, 1.165) is 5.56 Å². The summed E-state index contributed by atoms with van der Waals surface area (Å²) in [7, 11) is 2.74. The number of nitrogens with zero attached hydrogens (tertiary/aromatic N) is 1. The molecule has 0 amide bonds. The van der Waals surface area contributed by atoms with Crippen LogP contribution >= 0.6 is 0 Å². The molecule has 1 N–H and O–H groups in total. The van der Waals surface area contributed by atoms with Gasteiger partial charge < -0.3 is 9.47 Å². The quantitative estimate of drug-likeness (QED) is 0.361. The molecule has 0 aromatic heterocycles. The molecule has 0 radical (unpaired) electrons. The van der Waals surface area contributed by atoms with Gasteiger partial charge in [-0.1, -0.05) is 6.07 Å². The number of hydrogen-bond acceptors (Lipinski definition) is 4. The summed E-state index contributed by atoms with van der Waals surface area (Å²) in [6.07, 6.45) is 0. The lowest BCUT2D eigenvalue weighted by Crippen LogP contribution is -2.19. The van der Waals surface area contributed by atoms with Gasteiger partial charge in [0.05, 0.1) is 24.5 Å². The first kappa shape index (κ1) is 11.9. The predicted octanol–water partition coefficient (Wildman–Crippen LogP) is 1.20. The van der Waals surface area contributed by atoms with Crippen LogP contribution in [0.5, 0.6) is 5.75 Å². The first-order valence-corrected chi connectivity index (χ1v) is 4.61. The average Bonchev–Trinajstić information content (AvgIpc) is 2.30. The van der Waals surface area contributed by atoms with E-state index in [1.807, 2.05) is 13.0 Å². The number of carbonyl (C=O) groups excluding carboxylic acids is 1. The number of nitrogens with one attached hydrogen (secondary N) is 1. The topological polar surface area (TPSA) is 73.5 Å². The lowest BCUT2D eigenvalue weighted by molar-refractivity contribution is -0.149. The van der Waals surface area contributed by atoms with E-state index in [-0.39, 0.29) is 5.71 Å². The summed E-state index contributed by atoms with van der Waals surface area (Å²) < 4.78 is 9.66. The Kier molecular flexibility index (Phi) is 3.80. The Balaban J connectivity index is 3.35. The molecule has 1 aromatic rings. The molecule has 0 aliphatic rings. The van der Waals surface area contributed by atoms with Gasteiger partial charge >= 0.3 is 11.7 Å². The van der Waals surface area contributed by atoms with E-state index in [9.17, 15) is 4.79 Å². The number of rotatable bonds is 3. The van der Waals surface area contributed by atoms with Gasteiger partial charge in [0, 0.05) is 0 Å². The third-order valence-corrected chi connectivity index (χ3v) is 2.10. The van der Waals surface area contributed by atoms with Crippen LogP contribution in [0.3, 0.4) is 0 Å². The van der Waals surface area contributed by atoms with Crippen LogP contribution in [0.4, 0.5) is 0 Å². The normalized spacial score (nSPS) is 9.19. The molecule has 16 heavy (non-hydrogen) atoms. The van der Waals surface area contributed by atoms with E-state index in [4.69, 9.17) is 10.3 Å². The van der Waals surface area contributed by atoms with E-state index in [1.165, 1.54) is 14.2 Å². The molecule has 5 nitrogen and oxygen atoms in total. The monoisotopic (exact) mass is 221 g/mol. The van der Waals surface area contributed by atoms with Crippen molar-refractivity contribution in [3.05, 3.63) is 29.3 Å². The van der Waals surface area contributed by atoms with Crippen molar-refractivity contribution in [3.63, 3.8) is 0 Å². The van der Waals surface area contributed by atoms with E-state index in [1.54, 1.807) is 12.1 Å². The molecule has 0 fully saturated rings. The number of methoxy groups -OCH3 is 2. The predicted molar refractivity (Wildman–Crippen MR) is 56.8 cm³/mol. The fraction of sp³-hybridized carbons (Fsp3) is 0.273. The summed E-state index contributed by atoms with van der Waals surface area (Å²) in [5.74, 6) is -0.166. The van der Waals surface area contributed by atoms with Crippen molar-refractivity contribution in [3.8, 4) is 5.75 Å². The Morgan fingerprint density at radius 3 is 2.56 bits per heavy atom. The molecular weight excluding hydrogens is 208 g/mol. The second-order valence-corrected chi connectivity index (χ2v) is 3.16. The number of carbonyl (C=O) groups is 1. The summed E-state index contributed by atoms with van der Waals surface area (Å²) in [6.45, 7) is 1.88. The Bertz CT molecular complexity index is 462. The summed E-state index contributed by atoms with van der Waals surface area (Å²) in [5.41, 5.74) is 8.35. The highest BCUT2D eigenvalue weighted by Gasteiger charge is 2.29. The van der Waals surface area contributed by atoms with Gasteiger partial charge in [0.15, 0.2) is 0 Å². The van der Waals surface area contributed by atoms with Crippen molar-refractivity contribution < 1.29 is 19.1 Å². The number of ether oxygens (including phenoxy) is 2. The highest BCUT2D eigenvalue weighted by atomic mass is 16.5. The standard InChI is InChI=1S/C11H13N2O3/c1-7-4-5-9(15-2)8(6-7)10(13-12)11(14)16-3/h4-6,12H,1-3H3/q+1. The molecule has 1 rings (SSSR count). The zero-order valence-electron chi connectivity index (χ0n) is 9.40. The van der Waals surface area contributed by atoms with Gasteiger partial charge in [0.25, 0.3) is 0 Å². The minimum Gasteiger partial charge on any atom is -0.496 e. The summed E-state index contributed by atoms with van der Waals surface area (Å²) in [4.78, 5) is 14.6. The zero-order chi connectivity index (χ0) is 12.1.